The molecule has 0 bridgehead atoms. The maximum atomic E-state index is 13.1. The number of halogens is 1. The second-order valence-electron chi connectivity index (χ2n) is 7.26. The van der Waals surface area contributed by atoms with Crippen molar-refractivity contribution < 1.29 is 9.18 Å². The number of hydrogen-bond acceptors (Lipinski definition) is 4. The van der Waals surface area contributed by atoms with E-state index in [-0.39, 0.29) is 17.9 Å². The number of benzene rings is 1. The van der Waals surface area contributed by atoms with Gasteiger partial charge in [-0.05, 0) is 30.5 Å². The number of rotatable bonds is 5. The molecule has 1 fully saturated rings. The van der Waals surface area contributed by atoms with Gasteiger partial charge in [0.15, 0.2) is 0 Å². The number of aryl methyl sites for hydroxylation is 1. The zero-order valence-corrected chi connectivity index (χ0v) is 16.3. The van der Waals surface area contributed by atoms with E-state index in [1.54, 1.807) is 33.8 Å². The minimum Gasteiger partial charge on any atom is -0.367 e. The van der Waals surface area contributed by atoms with Gasteiger partial charge in [0.1, 0.15) is 11.6 Å². The molecular formula is C20H24FN7O. The molecule has 152 valence electrons. The highest BCUT2D eigenvalue weighted by molar-refractivity contribution is 5.88. The van der Waals surface area contributed by atoms with Gasteiger partial charge in [0.05, 0.1) is 24.6 Å². The number of nitrogens with one attached hydrogen (secondary N) is 2. The summed E-state index contributed by atoms with van der Waals surface area (Å²) >= 11 is 0. The molecule has 0 radical (unpaired) electrons. The Morgan fingerprint density at radius 1 is 1.24 bits per heavy atom. The summed E-state index contributed by atoms with van der Waals surface area (Å²) in [5.41, 5.74) is 1.97. The zero-order chi connectivity index (χ0) is 20.2. The first-order chi connectivity index (χ1) is 14.1. The Kier molecular flexibility index (Phi) is 5.46. The van der Waals surface area contributed by atoms with Gasteiger partial charge in [0, 0.05) is 38.4 Å². The van der Waals surface area contributed by atoms with E-state index < -0.39 is 0 Å². The lowest BCUT2D eigenvalue weighted by molar-refractivity contribution is 0.246. The lowest BCUT2D eigenvalue weighted by Gasteiger charge is -2.33. The number of aromatic nitrogens is 4. The molecule has 2 amide bonds. The Balaban J connectivity index is 1.34. The minimum atomic E-state index is -0.278. The average molecular weight is 397 g/mol. The topological polar surface area (TPSA) is 80.0 Å². The van der Waals surface area contributed by atoms with Crippen LogP contribution in [0.25, 0.3) is 0 Å². The summed E-state index contributed by atoms with van der Waals surface area (Å²) in [5.74, 6) is 0.312. The summed E-state index contributed by atoms with van der Waals surface area (Å²) in [6, 6.07) is 7.77. The van der Waals surface area contributed by atoms with Gasteiger partial charge in [-0.1, -0.05) is 12.1 Å². The third-order valence-corrected chi connectivity index (χ3v) is 5.02. The van der Waals surface area contributed by atoms with Crippen molar-refractivity contribution in [2.75, 3.05) is 23.3 Å². The number of nitrogens with zero attached hydrogens (tertiary/aromatic N) is 5. The fourth-order valence-electron chi connectivity index (χ4n) is 3.57. The first-order valence-electron chi connectivity index (χ1n) is 9.64. The van der Waals surface area contributed by atoms with Crippen LogP contribution < -0.4 is 15.5 Å². The zero-order valence-electron chi connectivity index (χ0n) is 16.3. The highest BCUT2D eigenvalue weighted by Crippen LogP contribution is 2.19. The first kappa shape index (κ1) is 19.0. The number of anilines is 2. The van der Waals surface area contributed by atoms with Crippen molar-refractivity contribution in [3.8, 4) is 0 Å². The van der Waals surface area contributed by atoms with Crippen LogP contribution in [-0.4, -0.2) is 44.7 Å². The molecule has 1 saturated heterocycles. The highest BCUT2D eigenvalue weighted by atomic mass is 19.1. The highest BCUT2D eigenvalue weighted by Gasteiger charge is 2.22. The monoisotopic (exact) mass is 397 g/mol. The van der Waals surface area contributed by atoms with Gasteiger partial charge in [0.2, 0.25) is 0 Å². The molecule has 1 unspecified atom stereocenters. The molecule has 2 N–H and O–H groups in total. The van der Waals surface area contributed by atoms with Crippen LogP contribution in [-0.2, 0) is 13.6 Å². The van der Waals surface area contributed by atoms with Crippen LogP contribution >= 0.6 is 0 Å². The molecule has 0 spiro atoms. The first-order valence-corrected chi connectivity index (χ1v) is 9.64. The molecule has 2 aromatic heterocycles. The summed E-state index contributed by atoms with van der Waals surface area (Å²) < 4.78 is 16.5. The molecule has 1 aliphatic heterocycles. The third-order valence-electron chi connectivity index (χ3n) is 5.02. The van der Waals surface area contributed by atoms with E-state index in [4.69, 9.17) is 0 Å². The van der Waals surface area contributed by atoms with Gasteiger partial charge < -0.3 is 10.2 Å². The van der Waals surface area contributed by atoms with E-state index in [9.17, 15) is 9.18 Å². The molecule has 3 aromatic rings. The normalized spacial score (nSPS) is 16.6. The molecule has 29 heavy (non-hydrogen) atoms. The second-order valence-corrected chi connectivity index (χ2v) is 7.26. The quantitative estimate of drug-likeness (QED) is 0.694. The van der Waals surface area contributed by atoms with E-state index in [1.165, 1.54) is 12.1 Å². The summed E-state index contributed by atoms with van der Waals surface area (Å²) in [6.07, 6.45) is 7.39. The van der Waals surface area contributed by atoms with Gasteiger partial charge in [-0.25, -0.2) is 13.9 Å². The largest absolute Gasteiger partial charge is 0.367 e. The number of amides is 2. The Labute approximate surface area is 168 Å². The Bertz CT molecular complexity index is 965. The number of piperidine rings is 1. The Morgan fingerprint density at radius 3 is 2.83 bits per heavy atom. The predicted molar refractivity (Wildman–Crippen MR) is 108 cm³/mol. The van der Waals surface area contributed by atoms with Crippen LogP contribution in [0.1, 0.15) is 18.4 Å². The van der Waals surface area contributed by atoms with Crippen molar-refractivity contribution in [3.05, 3.63) is 60.3 Å². The molecule has 9 heteroatoms. The standard InChI is InChI=1S/C20H24FN7O/c1-26-14-18(11-23-26)27-10-2-3-17(13-27)24-20(29)25-19-8-9-22-28(19)12-15-4-6-16(21)7-5-15/h4-9,11,14,17H,2-3,10,12-13H2,1H3,(H2,24,25,29). The van der Waals surface area contributed by atoms with Crippen LogP contribution in [0.3, 0.4) is 0 Å². The van der Waals surface area contributed by atoms with E-state index in [0.29, 0.717) is 12.4 Å². The van der Waals surface area contributed by atoms with Crippen molar-refractivity contribution in [1.29, 1.82) is 0 Å². The number of carbonyl (C=O) groups is 1. The van der Waals surface area contributed by atoms with Gasteiger partial charge in [0.25, 0.3) is 0 Å². The molecule has 1 aromatic carbocycles. The number of carbonyl (C=O) groups excluding carboxylic acids is 1. The number of urea groups is 1. The maximum absolute atomic E-state index is 13.1. The van der Waals surface area contributed by atoms with E-state index >= 15 is 0 Å². The summed E-state index contributed by atoms with van der Waals surface area (Å²) in [4.78, 5) is 14.8. The van der Waals surface area contributed by atoms with Crippen LogP contribution in [0.5, 0.6) is 0 Å². The van der Waals surface area contributed by atoms with Gasteiger partial charge in [-0.15, -0.1) is 0 Å². The lowest BCUT2D eigenvalue weighted by atomic mass is 10.1. The molecular weight excluding hydrogens is 373 g/mol. The van der Waals surface area contributed by atoms with Crippen molar-refractivity contribution in [2.24, 2.45) is 7.05 Å². The summed E-state index contributed by atoms with van der Waals surface area (Å²) in [7, 11) is 1.89. The molecule has 4 rings (SSSR count). The summed E-state index contributed by atoms with van der Waals surface area (Å²) in [6.45, 7) is 2.14. The molecule has 8 nitrogen and oxygen atoms in total. The van der Waals surface area contributed by atoms with Crippen LogP contribution in [0, 0.1) is 5.82 Å². The lowest BCUT2D eigenvalue weighted by Crippen LogP contribution is -2.49. The van der Waals surface area contributed by atoms with Crippen LogP contribution in [0.15, 0.2) is 48.9 Å². The summed E-state index contributed by atoms with van der Waals surface area (Å²) in [5, 5.41) is 14.4. The molecule has 1 aliphatic rings. The Hall–Kier alpha value is -3.36. The van der Waals surface area contributed by atoms with Crippen molar-refractivity contribution in [2.45, 2.75) is 25.4 Å². The fourth-order valence-corrected chi connectivity index (χ4v) is 3.57. The SMILES string of the molecule is Cn1cc(N2CCCC(NC(=O)Nc3ccnn3Cc3ccc(F)cc3)C2)cn1. The average Bonchev–Trinajstić information content (AvgIpc) is 3.33. The van der Waals surface area contributed by atoms with Gasteiger partial charge in [-0.3, -0.25) is 10.00 Å². The molecule has 0 saturated carbocycles. The Morgan fingerprint density at radius 2 is 2.07 bits per heavy atom. The number of hydrogen-bond donors (Lipinski definition) is 2. The van der Waals surface area contributed by atoms with Crippen molar-refractivity contribution in [1.82, 2.24) is 24.9 Å². The molecule has 0 aliphatic carbocycles. The van der Waals surface area contributed by atoms with Crippen LogP contribution in [0.4, 0.5) is 20.7 Å². The fraction of sp³-hybridized carbons (Fsp3) is 0.350. The molecule has 3 heterocycles. The second kappa shape index (κ2) is 8.34. The minimum absolute atomic E-state index is 0.0532. The van der Waals surface area contributed by atoms with E-state index in [1.807, 2.05) is 19.4 Å². The predicted octanol–water partition coefficient (Wildman–Crippen LogP) is 2.59. The van der Waals surface area contributed by atoms with Crippen molar-refractivity contribution >= 4 is 17.5 Å². The van der Waals surface area contributed by atoms with Crippen molar-refractivity contribution in [3.63, 3.8) is 0 Å². The van der Waals surface area contributed by atoms with Crippen LogP contribution in [0.2, 0.25) is 0 Å². The maximum Gasteiger partial charge on any atom is 0.320 e. The smallest absolute Gasteiger partial charge is 0.320 e. The molecule has 1 atom stereocenters. The van der Waals surface area contributed by atoms with Gasteiger partial charge in [-0.2, -0.15) is 10.2 Å². The van der Waals surface area contributed by atoms with E-state index in [0.717, 1.165) is 37.2 Å². The van der Waals surface area contributed by atoms with E-state index in [2.05, 4.69) is 25.7 Å². The van der Waals surface area contributed by atoms with Gasteiger partial charge >= 0.3 is 6.03 Å². The third kappa shape index (κ3) is 4.74.